The minimum atomic E-state index is -0.566. The number of primary amides is 1. The topological polar surface area (TPSA) is 72.6 Å². The smallest absolute Gasteiger partial charge is 0.246 e. The van der Waals surface area contributed by atoms with E-state index >= 15 is 0 Å². The molecule has 17 heavy (non-hydrogen) atoms. The lowest BCUT2D eigenvalue weighted by molar-refractivity contribution is -0.129. The van der Waals surface area contributed by atoms with Crippen molar-refractivity contribution in [1.82, 2.24) is 0 Å². The summed E-state index contributed by atoms with van der Waals surface area (Å²) in [5.41, 5.74) is 7.33. The molecule has 1 atom stereocenters. The van der Waals surface area contributed by atoms with E-state index in [9.17, 15) is 4.79 Å². The summed E-state index contributed by atoms with van der Waals surface area (Å²) in [5, 5.41) is 8.80. The Kier molecular flexibility index (Phi) is 5.66. The van der Waals surface area contributed by atoms with Crippen molar-refractivity contribution in [3.05, 3.63) is 35.4 Å². The molecular weight excluding hydrogens is 218 g/mol. The van der Waals surface area contributed by atoms with Crippen molar-refractivity contribution in [3.63, 3.8) is 0 Å². The van der Waals surface area contributed by atoms with Gasteiger partial charge in [-0.3, -0.25) is 4.79 Å². The Labute approximate surface area is 101 Å². The van der Waals surface area contributed by atoms with Crippen molar-refractivity contribution in [3.8, 4) is 0 Å². The van der Waals surface area contributed by atoms with Gasteiger partial charge in [0.2, 0.25) is 5.91 Å². The molecule has 0 fully saturated rings. The first-order chi connectivity index (χ1) is 8.17. The summed E-state index contributed by atoms with van der Waals surface area (Å²) in [6.07, 6.45) is 0.566. The molecule has 4 heteroatoms. The molecule has 94 valence electrons. The van der Waals surface area contributed by atoms with E-state index in [1.807, 2.05) is 31.2 Å². The van der Waals surface area contributed by atoms with Crippen LogP contribution in [0.4, 0.5) is 0 Å². The standard InChI is InChI=1S/C13H19NO3/c1-2-17-12(13(14)16)9-11-5-3-10(4-6-11)7-8-15/h3-6,12,15H,2,7-9H2,1H3,(H2,14,16). The van der Waals surface area contributed by atoms with Crippen LogP contribution < -0.4 is 5.73 Å². The Balaban J connectivity index is 2.63. The maximum atomic E-state index is 11.1. The highest BCUT2D eigenvalue weighted by atomic mass is 16.5. The monoisotopic (exact) mass is 237 g/mol. The summed E-state index contributed by atoms with van der Waals surface area (Å²) < 4.78 is 5.27. The van der Waals surface area contributed by atoms with Gasteiger partial charge in [0.1, 0.15) is 6.10 Å². The van der Waals surface area contributed by atoms with Crippen LogP contribution in [0.2, 0.25) is 0 Å². The number of aliphatic hydroxyl groups excluding tert-OH is 1. The molecule has 0 bridgehead atoms. The first-order valence-corrected chi connectivity index (χ1v) is 5.77. The van der Waals surface area contributed by atoms with Crippen molar-refractivity contribution in [2.75, 3.05) is 13.2 Å². The highest BCUT2D eigenvalue weighted by Gasteiger charge is 2.15. The van der Waals surface area contributed by atoms with Crippen molar-refractivity contribution in [1.29, 1.82) is 0 Å². The summed E-state index contributed by atoms with van der Waals surface area (Å²) >= 11 is 0. The van der Waals surface area contributed by atoms with Crippen LogP contribution in [0.15, 0.2) is 24.3 Å². The van der Waals surface area contributed by atoms with Gasteiger partial charge in [0.05, 0.1) is 0 Å². The number of aliphatic hydroxyl groups is 1. The minimum Gasteiger partial charge on any atom is -0.396 e. The Hall–Kier alpha value is -1.39. The van der Waals surface area contributed by atoms with Gasteiger partial charge in [-0.1, -0.05) is 24.3 Å². The van der Waals surface area contributed by atoms with Gasteiger partial charge in [-0.25, -0.2) is 0 Å². The van der Waals surface area contributed by atoms with E-state index in [-0.39, 0.29) is 6.61 Å². The van der Waals surface area contributed by atoms with Crippen molar-refractivity contribution < 1.29 is 14.6 Å². The van der Waals surface area contributed by atoms with Gasteiger partial charge in [-0.2, -0.15) is 0 Å². The Morgan fingerprint density at radius 2 is 1.94 bits per heavy atom. The van der Waals surface area contributed by atoms with Gasteiger partial charge >= 0.3 is 0 Å². The number of amides is 1. The van der Waals surface area contributed by atoms with Crippen LogP contribution in [-0.4, -0.2) is 30.3 Å². The third-order valence-electron chi connectivity index (χ3n) is 2.53. The third kappa shape index (κ3) is 4.54. The molecule has 1 unspecified atom stereocenters. The summed E-state index contributed by atoms with van der Waals surface area (Å²) in [5.74, 6) is -0.439. The molecule has 0 heterocycles. The predicted octanol–water partition coefficient (Wildman–Crippen LogP) is 0.654. The van der Waals surface area contributed by atoms with Gasteiger partial charge in [-0.15, -0.1) is 0 Å². The highest BCUT2D eigenvalue weighted by Crippen LogP contribution is 2.09. The van der Waals surface area contributed by atoms with Crippen LogP contribution >= 0.6 is 0 Å². The molecule has 0 saturated carbocycles. The largest absolute Gasteiger partial charge is 0.396 e. The zero-order chi connectivity index (χ0) is 12.7. The van der Waals surface area contributed by atoms with Crippen molar-refractivity contribution in [2.45, 2.75) is 25.9 Å². The lowest BCUT2D eigenvalue weighted by atomic mass is 10.0. The van der Waals surface area contributed by atoms with Crippen LogP contribution in [0.5, 0.6) is 0 Å². The normalized spacial score (nSPS) is 12.4. The summed E-state index contributed by atoms with van der Waals surface area (Å²) in [6.45, 7) is 2.44. The second kappa shape index (κ2) is 7.04. The molecular formula is C13H19NO3. The van der Waals surface area contributed by atoms with Gasteiger partial charge in [0, 0.05) is 19.6 Å². The quantitative estimate of drug-likeness (QED) is 0.731. The maximum absolute atomic E-state index is 11.1. The number of rotatable bonds is 7. The molecule has 0 radical (unpaired) electrons. The molecule has 3 N–H and O–H groups in total. The van der Waals surface area contributed by atoms with E-state index < -0.39 is 12.0 Å². The van der Waals surface area contributed by atoms with E-state index in [0.717, 1.165) is 11.1 Å². The molecule has 0 aliphatic heterocycles. The van der Waals surface area contributed by atoms with Crippen LogP contribution in [0, 0.1) is 0 Å². The minimum absolute atomic E-state index is 0.141. The van der Waals surface area contributed by atoms with Gasteiger partial charge < -0.3 is 15.6 Å². The number of benzene rings is 1. The fourth-order valence-electron chi connectivity index (χ4n) is 1.63. The Morgan fingerprint density at radius 1 is 1.35 bits per heavy atom. The first-order valence-electron chi connectivity index (χ1n) is 5.77. The van der Waals surface area contributed by atoms with Crippen LogP contribution in [0.1, 0.15) is 18.1 Å². The number of hydrogen-bond donors (Lipinski definition) is 2. The maximum Gasteiger partial charge on any atom is 0.246 e. The fourth-order valence-corrected chi connectivity index (χ4v) is 1.63. The molecule has 1 aromatic carbocycles. The van der Waals surface area contributed by atoms with Crippen LogP contribution in [0.3, 0.4) is 0 Å². The summed E-state index contributed by atoms with van der Waals surface area (Å²) in [4.78, 5) is 11.1. The summed E-state index contributed by atoms with van der Waals surface area (Å²) in [7, 11) is 0. The molecule has 1 aromatic rings. The molecule has 0 aromatic heterocycles. The third-order valence-corrected chi connectivity index (χ3v) is 2.53. The fraction of sp³-hybridized carbons (Fsp3) is 0.462. The number of carbonyl (C=O) groups is 1. The van der Waals surface area contributed by atoms with E-state index in [2.05, 4.69) is 0 Å². The Morgan fingerprint density at radius 3 is 2.41 bits per heavy atom. The molecule has 0 aliphatic rings. The van der Waals surface area contributed by atoms with Crippen LogP contribution in [-0.2, 0) is 22.4 Å². The SMILES string of the molecule is CCOC(Cc1ccc(CCO)cc1)C(N)=O. The predicted molar refractivity (Wildman–Crippen MR) is 65.5 cm³/mol. The molecule has 0 saturated heterocycles. The van der Waals surface area contributed by atoms with Crippen molar-refractivity contribution >= 4 is 5.91 Å². The summed E-state index contributed by atoms with van der Waals surface area (Å²) in [6, 6.07) is 7.74. The van der Waals surface area contributed by atoms with E-state index in [1.54, 1.807) is 0 Å². The van der Waals surface area contributed by atoms with E-state index in [4.69, 9.17) is 15.6 Å². The molecule has 1 amide bonds. The molecule has 4 nitrogen and oxygen atoms in total. The lowest BCUT2D eigenvalue weighted by Crippen LogP contribution is -2.33. The second-order valence-corrected chi connectivity index (χ2v) is 3.84. The Bertz CT molecular complexity index is 348. The van der Waals surface area contributed by atoms with Gasteiger partial charge in [0.25, 0.3) is 0 Å². The zero-order valence-corrected chi connectivity index (χ0v) is 10.1. The molecule has 1 rings (SSSR count). The number of ether oxygens (including phenoxy) is 1. The molecule has 0 spiro atoms. The first kappa shape index (κ1) is 13.7. The van der Waals surface area contributed by atoms with Gasteiger partial charge in [-0.05, 0) is 24.5 Å². The molecule has 0 aliphatic carbocycles. The number of nitrogens with two attached hydrogens (primary N) is 1. The average Bonchev–Trinajstić information content (AvgIpc) is 2.31. The number of hydrogen-bond acceptors (Lipinski definition) is 3. The van der Waals surface area contributed by atoms with E-state index in [0.29, 0.717) is 19.4 Å². The van der Waals surface area contributed by atoms with Crippen LogP contribution in [0.25, 0.3) is 0 Å². The lowest BCUT2D eigenvalue weighted by Gasteiger charge is -2.13. The van der Waals surface area contributed by atoms with E-state index in [1.165, 1.54) is 0 Å². The second-order valence-electron chi connectivity index (χ2n) is 3.84. The zero-order valence-electron chi connectivity index (χ0n) is 10.1. The van der Waals surface area contributed by atoms with Gasteiger partial charge in [0.15, 0.2) is 0 Å². The van der Waals surface area contributed by atoms with Crippen molar-refractivity contribution in [2.24, 2.45) is 5.73 Å². The average molecular weight is 237 g/mol. The number of carbonyl (C=O) groups excluding carboxylic acids is 1. The highest BCUT2D eigenvalue weighted by molar-refractivity contribution is 5.79.